The zero-order valence-corrected chi connectivity index (χ0v) is 13.1. The minimum atomic E-state index is -0.147. The van der Waals surface area contributed by atoms with Crippen LogP contribution in [0.25, 0.3) is 11.2 Å². The van der Waals surface area contributed by atoms with Crippen LogP contribution in [0, 0.1) is 6.92 Å². The van der Waals surface area contributed by atoms with E-state index in [9.17, 15) is 4.79 Å². The summed E-state index contributed by atoms with van der Waals surface area (Å²) in [5.41, 5.74) is 1.70. The van der Waals surface area contributed by atoms with Gasteiger partial charge in [-0.15, -0.1) is 0 Å². The van der Waals surface area contributed by atoms with Crippen LogP contribution in [0.4, 0.5) is 0 Å². The summed E-state index contributed by atoms with van der Waals surface area (Å²) in [5, 5.41) is 0. The van der Waals surface area contributed by atoms with Gasteiger partial charge in [0, 0.05) is 17.9 Å². The van der Waals surface area contributed by atoms with Crippen LogP contribution in [-0.2, 0) is 13.0 Å². The summed E-state index contributed by atoms with van der Waals surface area (Å²) < 4.78 is 7.90. The fourth-order valence-corrected chi connectivity index (χ4v) is 2.71. The highest BCUT2D eigenvalue weighted by Gasteiger charge is 2.10. The van der Waals surface area contributed by atoms with Gasteiger partial charge in [-0.25, -0.2) is 9.97 Å². The molecule has 108 valence electrons. The summed E-state index contributed by atoms with van der Waals surface area (Å²) in [6.45, 7) is 2.32. The number of hydrogen-bond donors (Lipinski definition) is 0. The van der Waals surface area contributed by atoms with E-state index in [1.807, 2.05) is 12.1 Å². The Morgan fingerprint density at radius 2 is 2.24 bits per heavy atom. The lowest BCUT2D eigenvalue weighted by molar-refractivity contribution is 0.547. The van der Waals surface area contributed by atoms with Crippen LogP contribution in [-0.4, -0.2) is 14.5 Å². The van der Waals surface area contributed by atoms with Crippen LogP contribution in [0.1, 0.15) is 17.9 Å². The van der Waals surface area contributed by atoms with E-state index >= 15 is 0 Å². The molecular formula is C15H14BrN3O2. The monoisotopic (exact) mass is 347 g/mol. The third-order valence-corrected chi connectivity index (χ3v) is 3.74. The summed E-state index contributed by atoms with van der Waals surface area (Å²) in [7, 11) is 0. The van der Waals surface area contributed by atoms with E-state index in [1.54, 1.807) is 11.5 Å². The molecule has 0 aliphatic carbocycles. The second-order valence-corrected chi connectivity index (χ2v) is 5.78. The van der Waals surface area contributed by atoms with Crippen molar-refractivity contribution < 1.29 is 4.42 Å². The van der Waals surface area contributed by atoms with Gasteiger partial charge in [-0.1, -0.05) is 28.1 Å². The Labute approximate surface area is 129 Å². The molecule has 0 aliphatic heterocycles. The Bertz CT molecular complexity index is 838. The third kappa shape index (κ3) is 3.05. The fourth-order valence-electron chi connectivity index (χ4n) is 2.26. The summed E-state index contributed by atoms with van der Waals surface area (Å²) >= 11 is 3.46. The van der Waals surface area contributed by atoms with Crippen molar-refractivity contribution in [2.24, 2.45) is 0 Å². The Morgan fingerprint density at radius 3 is 3.05 bits per heavy atom. The van der Waals surface area contributed by atoms with Crippen molar-refractivity contribution in [2.75, 3.05) is 0 Å². The molecule has 2 heterocycles. The normalized spacial score (nSPS) is 11.1. The Balaban J connectivity index is 1.73. The molecule has 0 N–H and O–H groups in total. The summed E-state index contributed by atoms with van der Waals surface area (Å²) in [4.78, 5) is 20.4. The van der Waals surface area contributed by atoms with E-state index in [4.69, 9.17) is 4.42 Å². The van der Waals surface area contributed by atoms with Crippen LogP contribution >= 0.6 is 15.9 Å². The number of nitrogens with zero attached hydrogens (tertiary/aromatic N) is 3. The van der Waals surface area contributed by atoms with Crippen molar-refractivity contribution in [1.82, 2.24) is 14.5 Å². The predicted molar refractivity (Wildman–Crippen MR) is 83.3 cm³/mol. The Hall–Kier alpha value is -1.95. The predicted octanol–water partition coefficient (Wildman–Crippen LogP) is 3.09. The average molecular weight is 348 g/mol. The average Bonchev–Trinajstić information content (AvgIpc) is 2.83. The lowest BCUT2D eigenvalue weighted by atomic mass is 10.1. The van der Waals surface area contributed by atoms with Gasteiger partial charge >= 0.3 is 0 Å². The summed E-state index contributed by atoms with van der Waals surface area (Å²) in [5.74, 6) is 0.460. The van der Waals surface area contributed by atoms with Gasteiger partial charge in [0.2, 0.25) is 0 Å². The number of hydrogen-bond acceptors (Lipinski definition) is 4. The molecule has 0 unspecified atom stereocenters. The first-order valence-corrected chi connectivity index (χ1v) is 7.50. The molecule has 0 fully saturated rings. The van der Waals surface area contributed by atoms with Crippen molar-refractivity contribution in [2.45, 2.75) is 26.3 Å². The fraction of sp³-hybridized carbons (Fsp3) is 0.267. The highest BCUT2D eigenvalue weighted by atomic mass is 79.9. The maximum Gasteiger partial charge on any atom is 0.283 e. The van der Waals surface area contributed by atoms with E-state index in [1.165, 1.54) is 11.9 Å². The maximum atomic E-state index is 12.2. The van der Waals surface area contributed by atoms with Crippen molar-refractivity contribution in [3.63, 3.8) is 0 Å². The lowest BCUT2D eigenvalue weighted by Gasteiger charge is -2.05. The van der Waals surface area contributed by atoms with Gasteiger partial charge in [-0.2, -0.15) is 0 Å². The molecule has 0 aliphatic rings. The number of aromatic nitrogens is 3. The van der Waals surface area contributed by atoms with Crippen LogP contribution in [0.2, 0.25) is 0 Å². The minimum absolute atomic E-state index is 0.147. The molecule has 1 aromatic carbocycles. The summed E-state index contributed by atoms with van der Waals surface area (Å²) in [6, 6.07) is 8.18. The number of fused-ring (bicyclic) bond motifs is 1. The van der Waals surface area contributed by atoms with E-state index in [0.717, 1.165) is 17.3 Å². The van der Waals surface area contributed by atoms with E-state index in [0.29, 0.717) is 23.7 Å². The minimum Gasteiger partial charge on any atom is -0.422 e. The standard InChI is InChI=1S/C15H14BrN3O2/c1-10-18-13-14(21-10)17-9-19(15(13)20)7-3-5-11-4-2-6-12(16)8-11/h2,4,6,8-9H,3,5,7H2,1H3. The first-order chi connectivity index (χ1) is 10.1. The number of aryl methyl sites for hydroxylation is 3. The van der Waals surface area contributed by atoms with Crippen LogP contribution in [0.3, 0.4) is 0 Å². The molecule has 6 heteroatoms. The molecule has 3 rings (SSSR count). The number of halogens is 1. The quantitative estimate of drug-likeness (QED) is 0.727. The molecular weight excluding hydrogens is 334 g/mol. The van der Waals surface area contributed by atoms with Crippen molar-refractivity contribution in [1.29, 1.82) is 0 Å². The zero-order valence-electron chi connectivity index (χ0n) is 11.5. The lowest BCUT2D eigenvalue weighted by Crippen LogP contribution is -2.21. The molecule has 5 nitrogen and oxygen atoms in total. The first kappa shape index (κ1) is 14.0. The van der Waals surface area contributed by atoms with Gasteiger partial charge in [0.05, 0.1) is 0 Å². The van der Waals surface area contributed by atoms with Gasteiger partial charge in [-0.3, -0.25) is 9.36 Å². The summed E-state index contributed by atoms with van der Waals surface area (Å²) in [6.07, 6.45) is 3.29. The highest BCUT2D eigenvalue weighted by Crippen LogP contribution is 2.13. The zero-order chi connectivity index (χ0) is 14.8. The molecule has 0 atom stereocenters. The van der Waals surface area contributed by atoms with Crippen molar-refractivity contribution >= 4 is 27.2 Å². The molecule has 0 bridgehead atoms. The van der Waals surface area contributed by atoms with Crippen molar-refractivity contribution in [3.05, 3.63) is 56.9 Å². The Kier molecular flexibility index (Phi) is 3.88. The van der Waals surface area contributed by atoms with Crippen LogP contribution in [0.15, 0.2) is 44.3 Å². The van der Waals surface area contributed by atoms with Gasteiger partial charge in [-0.05, 0) is 30.5 Å². The van der Waals surface area contributed by atoms with Gasteiger partial charge in [0.1, 0.15) is 6.33 Å². The molecule has 21 heavy (non-hydrogen) atoms. The molecule has 0 saturated heterocycles. The first-order valence-electron chi connectivity index (χ1n) is 6.70. The molecule has 0 amide bonds. The maximum absolute atomic E-state index is 12.2. The Morgan fingerprint density at radius 1 is 1.38 bits per heavy atom. The molecule has 3 aromatic rings. The van der Waals surface area contributed by atoms with Crippen LogP contribution < -0.4 is 5.56 Å². The van der Waals surface area contributed by atoms with E-state index in [-0.39, 0.29) is 5.56 Å². The highest BCUT2D eigenvalue weighted by molar-refractivity contribution is 9.10. The van der Waals surface area contributed by atoms with E-state index in [2.05, 4.69) is 38.0 Å². The smallest absolute Gasteiger partial charge is 0.283 e. The van der Waals surface area contributed by atoms with Gasteiger partial charge in [0.25, 0.3) is 11.3 Å². The number of oxazole rings is 1. The number of benzene rings is 1. The van der Waals surface area contributed by atoms with Gasteiger partial charge < -0.3 is 4.42 Å². The second kappa shape index (κ2) is 5.81. The van der Waals surface area contributed by atoms with Crippen LogP contribution in [0.5, 0.6) is 0 Å². The van der Waals surface area contributed by atoms with E-state index < -0.39 is 0 Å². The number of rotatable bonds is 4. The van der Waals surface area contributed by atoms with Crippen molar-refractivity contribution in [3.8, 4) is 0 Å². The third-order valence-electron chi connectivity index (χ3n) is 3.25. The van der Waals surface area contributed by atoms with Gasteiger partial charge in [0.15, 0.2) is 11.4 Å². The molecule has 0 spiro atoms. The SMILES string of the molecule is Cc1nc2c(=O)n(CCCc3cccc(Br)c3)cnc2o1. The largest absolute Gasteiger partial charge is 0.422 e. The second-order valence-electron chi connectivity index (χ2n) is 4.86. The molecule has 0 radical (unpaired) electrons. The molecule has 2 aromatic heterocycles. The molecule has 0 saturated carbocycles. The topological polar surface area (TPSA) is 60.9 Å².